The average Bonchev–Trinajstić information content (AvgIpc) is 2.61. The number of nitrogens with zero attached hydrogens (tertiary/aromatic N) is 1. The molecule has 1 amide bonds. The van der Waals surface area contributed by atoms with Crippen LogP contribution in [0.15, 0.2) is 24.3 Å². The number of hydrogen-bond donors (Lipinski definition) is 2. The van der Waals surface area contributed by atoms with Crippen LogP contribution in [0.4, 0.5) is 0 Å². The van der Waals surface area contributed by atoms with Crippen molar-refractivity contribution in [3.05, 3.63) is 35.4 Å². The lowest BCUT2D eigenvalue weighted by atomic mass is 9.74. The SMILES string of the molecule is CC1(N)CCCCC1C(=O)NCc1ccccc1CN1CCOCC1. The number of ether oxygens (including phenoxy) is 1. The van der Waals surface area contributed by atoms with Gasteiger partial charge in [0.2, 0.25) is 5.91 Å². The van der Waals surface area contributed by atoms with Crippen LogP contribution in [0, 0.1) is 5.92 Å². The van der Waals surface area contributed by atoms with Crippen molar-refractivity contribution in [3.63, 3.8) is 0 Å². The summed E-state index contributed by atoms with van der Waals surface area (Å²) in [5.74, 6) is 0.0264. The van der Waals surface area contributed by atoms with E-state index in [4.69, 9.17) is 10.5 Å². The zero-order chi connectivity index (χ0) is 17.7. The van der Waals surface area contributed by atoms with E-state index >= 15 is 0 Å². The molecule has 25 heavy (non-hydrogen) atoms. The van der Waals surface area contributed by atoms with Gasteiger partial charge in [-0.1, -0.05) is 37.1 Å². The molecule has 0 radical (unpaired) electrons. The van der Waals surface area contributed by atoms with Gasteiger partial charge in [-0.25, -0.2) is 0 Å². The fraction of sp³-hybridized carbons (Fsp3) is 0.650. The largest absolute Gasteiger partial charge is 0.379 e. The third-order valence-corrected chi connectivity index (χ3v) is 5.64. The van der Waals surface area contributed by atoms with Crippen LogP contribution in [0.2, 0.25) is 0 Å². The van der Waals surface area contributed by atoms with E-state index in [1.807, 2.05) is 13.0 Å². The first-order valence-electron chi connectivity index (χ1n) is 9.50. The van der Waals surface area contributed by atoms with Crippen molar-refractivity contribution in [2.24, 2.45) is 11.7 Å². The number of carbonyl (C=O) groups excluding carboxylic acids is 1. The van der Waals surface area contributed by atoms with Gasteiger partial charge < -0.3 is 15.8 Å². The third kappa shape index (κ3) is 4.81. The molecule has 138 valence electrons. The Balaban J connectivity index is 1.60. The number of morpholine rings is 1. The minimum absolute atomic E-state index is 0.0762. The highest BCUT2D eigenvalue weighted by atomic mass is 16.5. The van der Waals surface area contributed by atoms with E-state index in [0.717, 1.165) is 58.5 Å². The van der Waals surface area contributed by atoms with E-state index < -0.39 is 0 Å². The average molecular weight is 345 g/mol. The van der Waals surface area contributed by atoms with Crippen LogP contribution in [0.1, 0.15) is 43.7 Å². The standard InChI is InChI=1S/C20H31N3O2/c1-20(21)9-5-4-8-18(20)19(24)22-14-16-6-2-3-7-17(16)15-23-10-12-25-13-11-23/h2-3,6-7,18H,4-5,8-15,21H2,1H3,(H,22,24). The molecule has 0 spiro atoms. The minimum atomic E-state index is -0.379. The van der Waals surface area contributed by atoms with Gasteiger partial charge in [0, 0.05) is 31.7 Å². The molecule has 2 fully saturated rings. The van der Waals surface area contributed by atoms with Crippen molar-refractivity contribution in [3.8, 4) is 0 Å². The highest BCUT2D eigenvalue weighted by molar-refractivity contribution is 5.80. The van der Waals surface area contributed by atoms with Gasteiger partial charge in [0.15, 0.2) is 0 Å². The Kier molecular flexibility index (Phi) is 6.10. The molecule has 1 aliphatic heterocycles. The van der Waals surface area contributed by atoms with Crippen LogP contribution >= 0.6 is 0 Å². The summed E-state index contributed by atoms with van der Waals surface area (Å²) in [6.45, 7) is 7.04. The summed E-state index contributed by atoms with van der Waals surface area (Å²) in [6.07, 6.45) is 4.05. The molecule has 5 heteroatoms. The van der Waals surface area contributed by atoms with Crippen LogP contribution < -0.4 is 11.1 Å². The summed E-state index contributed by atoms with van der Waals surface area (Å²) >= 11 is 0. The Hall–Kier alpha value is -1.43. The normalized spacial score (nSPS) is 27.8. The predicted octanol–water partition coefficient (Wildman–Crippen LogP) is 2.04. The summed E-state index contributed by atoms with van der Waals surface area (Å²) < 4.78 is 5.42. The first-order chi connectivity index (χ1) is 12.1. The molecule has 3 rings (SSSR count). The van der Waals surface area contributed by atoms with Crippen LogP contribution in [-0.4, -0.2) is 42.6 Å². The van der Waals surface area contributed by atoms with E-state index in [9.17, 15) is 4.79 Å². The van der Waals surface area contributed by atoms with Crippen molar-refractivity contribution in [1.82, 2.24) is 10.2 Å². The molecule has 0 bridgehead atoms. The molecule has 1 saturated heterocycles. The first-order valence-corrected chi connectivity index (χ1v) is 9.50. The Morgan fingerprint density at radius 3 is 2.72 bits per heavy atom. The zero-order valence-electron chi connectivity index (χ0n) is 15.3. The number of nitrogens with one attached hydrogen (secondary N) is 1. The van der Waals surface area contributed by atoms with Gasteiger partial charge in [0.05, 0.1) is 19.1 Å². The fourth-order valence-corrected chi connectivity index (χ4v) is 3.98. The maximum absolute atomic E-state index is 12.7. The number of benzene rings is 1. The number of carbonyl (C=O) groups is 1. The van der Waals surface area contributed by atoms with Crippen molar-refractivity contribution in [1.29, 1.82) is 0 Å². The van der Waals surface area contributed by atoms with Crippen molar-refractivity contribution >= 4 is 5.91 Å². The van der Waals surface area contributed by atoms with E-state index in [1.165, 1.54) is 11.1 Å². The molecule has 5 nitrogen and oxygen atoms in total. The molecule has 2 aliphatic rings. The predicted molar refractivity (Wildman–Crippen MR) is 98.9 cm³/mol. The minimum Gasteiger partial charge on any atom is -0.379 e. The lowest BCUT2D eigenvalue weighted by Crippen LogP contribution is -2.52. The second-order valence-corrected chi connectivity index (χ2v) is 7.68. The highest BCUT2D eigenvalue weighted by Gasteiger charge is 2.37. The molecule has 3 N–H and O–H groups in total. The van der Waals surface area contributed by atoms with Gasteiger partial charge in [-0.3, -0.25) is 9.69 Å². The number of amides is 1. The number of hydrogen-bond acceptors (Lipinski definition) is 4. The summed E-state index contributed by atoms with van der Waals surface area (Å²) in [6, 6.07) is 8.38. The Morgan fingerprint density at radius 2 is 2.00 bits per heavy atom. The lowest BCUT2D eigenvalue weighted by molar-refractivity contribution is -0.128. The number of nitrogens with two attached hydrogens (primary N) is 1. The lowest BCUT2D eigenvalue weighted by Gasteiger charge is -2.37. The van der Waals surface area contributed by atoms with Gasteiger partial charge in [-0.05, 0) is 30.9 Å². The Morgan fingerprint density at radius 1 is 1.28 bits per heavy atom. The zero-order valence-corrected chi connectivity index (χ0v) is 15.3. The molecule has 1 aromatic carbocycles. The summed E-state index contributed by atoms with van der Waals surface area (Å²) in [7, 11) is 0. The van der Waals surface area contributed by atoms with Gasteiger partial charge >= 0.3 is 0 Å². The smallest absolute Gasteiger partial charge is 0.225 e. The number of rotatable bonds is 5. The Labute approximate surface area is 150 Å². The first kappa shape index (κ1) is 18.4. The monoisotopic (exact) mass is 345 g/mol. The molecular weight excluding hydrogens is 314 g/mol. The molecule has 2 unspecified atom stereocenters. The van der Waals surface area contributed by atoms with Crippen molar-refractivity contribution in [2.75, 3.05) is 26.3 Å². The van der Waals surface area contributed by atoms with E-state index in [-0.39, 0.29) is 17.4 Å². The maximum Gasteiger partial charge on any atom is 0.225 e. The van der Waals surface area contributed by atoms with E-state index in [2.05, 4.69) is 28.4 Å². The topological polar surface area (TPSA) is 67.6 Å². The van der Waals surface area contributed by atoms with Crippen LogP contribution in [-0.2, 0) is 22.6 Å². The van der Waals surface area contributed by atoms with E-state index in [0.29, 0.717) is 6.54 Å². The maximum atomic E-state index is 12.7. The second kappa shape index (κ2) is 8.30. The van der Waals surface area contributed by atoms with E-state index in [1.54, 1.807) is 0 Å². The molecule has 1 saturated carbocycles. The van der Waals surface area contributed by atoms with Crippen molar-refractivity contribution < 1.29 is 9.53 Å². The molecule has 1 heterocycles. The third-order valence-electron chi connectivity index (χ3n) is 5.64. The van der Waals surface area contributed by atoms with Gasteiger partial charge in [0.25, 0.3) is 0 Å². The Bertz CT molecular complexity index is 582. The fourth-order valence-electron chi connectivity index (χ4n) is 3.98. The summed E-state index contributed by atoms with van der Waals surface area (Å²) in [5.41, 5.74) is 8.46. The molecule has 2 atom stereocenters. The summed E-state index contributed by atoms with van der Waals surface area (Å²) in [5, 5.41) is 3.14. The molecule has 0 aromatic heterocycles. The van der Waals surface area contributed by atoms with Gasteiger partial charge in [-0.15, -0.1) is 0 Å². The highest BCUT2D eigenvalue weighted by Crippen LogP contribution is 2.31. The molecule has 1 aromatic rings. The second-order valence-electron chi connectivity index (χ2n) is 7.68. The van der Waals surface area contributed by atoms with Crippen LogP contribution in [0.3, 0.4) is 0 Å². The van der Waals surface area contributed by atoms with Gasteiger partial charge in [0.1, 0.15) is 0 Å². The summed E-state index contributed by atoms with van der Waals surface area (Å²) in [4.78, 5) is 15.1. The van der Waals surface area contributed by atoms with Crippen LogP contribution in [0.5, 0.6) is 0 Å². The quantitative estimate of drug-likeness (QED) is 0.857. The van der Waals surface area contributed by atoms with Gasteiger partial charge in [-0.2, -0.15) is 0 Å². The molecule has 1 aliphatic carbocycles. The van der Waals surface area contributed by atoms with Crippen LogP contribution in [0.25, 0.3) is 0 Å². The molecular formula is C20H31N3O2. The van der Waals surface area contributed by atoms with Crippen molar-refractivity contribution in [2.45, 2.75) is 51.2 Å².